The van der Waals surface area contributed by atoms with Crippen LogP contribution >= 0.6 is 0 Å². The molecule has 7 nitrogen and oxygen atoms in total. The third-order valence-corrected chi connectivity index (χ3v) is 4.83. The van der Waals surface area contributed by atoms with Crippen LogP contribution in [0.1, 0.15) is 43.6 Å². The first-order valence-corrected chi connectivity index (χ1v) is 9.86. The van der Waals surface area contributed by atoms with E-state index in [2.05, 4.69) is 36.3 Å². The zero-order valence-electron chi connectivity index (χ0n) is 17.6. The zero-order valence-corrected chi connectivity index (χ0v) is 17.6. The van der Waals surface area contributed by atoms with Crippen molar-refractivity contribution < 1.29 is 14.7 Å². The average molecular weight is 406 g/mol. The van der Waals surface area contributed by atoms with E-state index in [0.29, 0.717) is 23.0 Å². The lowest BCUT2D eigenvalue weighted by Gasteiger charge is -2.18. The van der Waals surface area contributed by atoms with Crippen LogP contribution in [0.25, 0.3) is 10.9 Å². The fraction of sp³-hybridized carbons (Fsp3) is 0.304. The first-order chi connectivity index (χ1) is 14.2. The number of hydrogen-bond donors (Lipinski definition) is 2. The molecule has 0 bridgehead atoms. The van der Waals surface area contributed by atoms with E-state index in [1.807, 2.05) is 19.1 Å². The number of carbonyl (C=O) groups excluding carboxylic acids is 2. The molecule has 0 aliphatic carbocycles. The molecule has 0 radical (unpaired) electrons. The molecule has 3 aromatic rings. The Morgan fingerprint density at radius 1 is 1.07 bits per heavy atom. The molecule has 0 fully saturated rings. The summed E-state index contributed by atoms with van der Waals surface area (Å²) in [4.78, 5) is 24.5. The maximum absolute atomic E-state index is 12.5. The highest BCUT2D eigenvalue weighted by atomic mass is 16.3. The molecule has 0 spiro atoms. The van der Waals surface area contributed by atoms with Crippen LogP contribution < -0.4 is 5.32 Å². The van der Waals surface area contributed by atoms with Crippen LogP contribution in [0.5, 0.6) is 5.88 Å². The number of benzene rings is 2. The van der Waals surface area contributed by atoms with E-state index in [-0.39, 0.29) is 29.4 Å². The average Bonchev–Trinajstić information content (AvgIpc) is 2.97. The van der Waals surface area contributed by atoms with Crippen molar-refractivity contribution in [3.8, 4) is 5.88 Å². The predicted molar refractivity (Wildman–Crippen MR) is 116 cm³/mol. The van der Waals surface area contributed by atoms with Crippen LogP contribution in [0.3, 0.4) is 0 Å². The summed E-state index contributed by atoms with van der Waals surface area (Å²) in [5.41, 5.74) is 2.31. The Kier molecular flexibility index (Phi) is 6.01. The maximum atomic E-state index is 12.5. The number of fused-ring (bicyclic) bond motifs is 1. The van der Waals surface area contributed by atoms with Gasteiger partial charge in [0.2, 0.25) is 11.8 Å². The number of aromatic nitrogens is 1. The van der Waals surface area contributed by atoms with Gasteiger partial charge in [0.25, 0.3) is 5.91 Å². The molecule has 1 heterocycles. The Bertz CT molecular complexity index is 1110. The minimum atomic E-state index is -0.504. The van der Waals surface area contributed by atoms with Crippen LogP contribution in [-0.4, -0.2) is 28.0 Å². The van der Waals surface area contributed by atoms with Crippen LogP contribution in [0.4, 0.5) is 5.69 Å². The van der Waals surface area contributed by atoms with Crippen molar-refractivity contribution >= 4 is 28.4 Å². The van der Waals surface area contributed by atoms with E-state index < -0.39 is 5.91 Å². The van der Waals surface area contributed by atoms with Crippen molar-refractivity contribution in [2.24, 2.45) is 10.2 Å². The fourth-order valence-corrected chi connectivity index (χ4v) is 3.19. The summed E-state index contributed by atoms with van der Waals surface area (Å²) in [5.74, 6) is -0.940. The normalized spacial score (nSPS) is 11.9. The van der Waals surface area contributed by atoms with Crippen molar-refractivity contribution in [3.05, 3.63) is 59.7 Å². The Morgan fingerprint density at radius 2 is 1.73 bits per heavy atom. The highest BCUT2D eigenvalue weighted by Gasteiger charge is 2.19. The Morgan fingerprint density at radius 3 is 2.37 bits per heavy atom. The molecule has 3 rings (SSSR count). The van der Waals surface area contributed by atoms with Crippen molar-refractivity contribution in [1.82, 2.24) is 9.88 Å². The minimum absolute atomic E-state index is 0.0131. The van der Waals surface area contributed by atoms with Crippen molar-refractivity contribution in [1.29, 1.82) is 0 Å². The highest BCUT2D eigenvalue weighted by Crippen LogP contribution is 2.38. The molecular weight excluding hydrogens is 380 g/mol. The summed E-state index contributed by atoms with van der Waals surface area (Å²) < 4.78 is 1.46. The summed E-state index contributed by atoms with van der Waals surface area (Å²) >= 11 is 0. The van der Waals surface area contributed by atoms with Gasteiger partial charge < -0.3 is 15.0 Å². The number of azo groups is 1. The zero-order chi connectivity index (χ0) is 21.9. The van der Waals surface area contributed by atoms with Crippen molar-refractivity contribution in [3.63, 3.8) is 0 Å². The lowest BCUT2D eigenvalue weighted by atomic mass is 9.87. The fourth-order valence-electron chi connectivity index (χ4n) is 3.19. The number of rotatable bonds is 5. The van der Waals surface area contributed by atoms with Gasteiger partial charge in [-0.25, -0.2) is 0 Å². The number of likely N-dealkylation sites (N-methyl/N-ethyl adjacent to an activating group) is 1. The molecule has 30 heavy (non-hydrogen) atoms. The monoisotopic (exact) mass is 406 g/mol. The standard InChI is InChI=1S/C23H26N4O3/c1-5-24-19(28)14-27-18-9-7-6-8-17(18)20(22(27)30)25-26-21(29)15-10-12-16(13-11-15)23(2,3)4/h6-13,30H,5,14H2,1-4H3,(H,24,28). The third-order valence-electron chi connectivity index (χ3n) is 4.83. The van der Waals surface area contributed by atoms with E-state index in [4.69, 9.17) is 0 Å². The first kappa shape index (κ1) is 21.2. The molecule has 0 atom stereocenters. The summed E-state index contributed by atoms with van der Waals surface area (Å²) in [7, 11) is 0. The van der Waals surface area contributed by atoms with Gasteiger partial charge in [-0.15, -0.1) is 10.2 Å². The SMILES string of the molecule is CCNC(=O)Cn1c(O)c(N=NC(=O)c2ccc(C(C)(C)C)cc2)c2ccccc21. The predicted octanol–water partition coefficient (Wildman–Crippen LogP) is 4.70. The van der Waals surface area contributed by atoms with Gasteiger partial charge in [-0.1, -0.05) is 51.1 Å². The molecule has 2 amide bonds. The maximum Gasteiger partial charge on any atom is 0.295 e. The first-order valence-electron chi connectivity index (χ1n) is 9.86. The van der Waals surface area contributed by atoms with Crippen LogP contribution in [0.2, 0.25) is 0 Å². The molecule has 0 aliphatic heterocycles. The van der Waals surface area contributed by atoms with E-state index in [0.717, 1.165) is 5.56 Å². The van der Waals surface area contributed by atoms with E-state index in [1.165, 1.54) is 4.57 Å². The molecule has 0 saturated heterocycles. The van der Waals surface area contributed by atoms with Crippen LogP contribution in [-0.2, 0) is 16.8 Å². The Balaban J connectivity index is 1.91. The number of aromatic hydroxyl groups is 1. The summed E-state index contributed by atoms with van der Waals surface area (Å²) in [5, 5.41) is 21.8. The second-order valence-electron chi connectivity index (χ2n) is 8.06. The molecule has 7 heteroatoms. The molecule has 156 valence electrons. The van der Waals surface area contributed by atoms with Gasteiger partial charge in [0.1, 0.15) is 6.54 Å². The molecular formula is C23H26N4O3. The lowest BCUT2D eigenvalue weighted by molar-refractivity contribution is -0.121. The molecule has 2 N–H and O–H groups in total. The van der Waals surface area contributed by atoms with Gasteiger partial charge in [0, 0.05) is 17.5 Å². The molecule has 2 aromatic carbocycles. The number of carbonyl (C=O) groups is 2. The second-order valence-corrected chi connectivity index (χ2v) is 8.06. The molecule has 1 aromatic heterocycles. The van der Waals surface area contributed by atoms with Gasteiger partial charge in [0.15, 0.2) is 5.69 Å². The van der Waals surface area contributed by atoms with Crippen molar-refractivity contribution in [2.45, 2.75) is 39.7 Å². The van der Waals surface area contributed by atoms with Gasteiger partial charge >= 0.3 is 0 Å². The highest BCUT2D eigenvalue weighted by molar-refractivity contribution is 5.98. The minimum Gasteiger partial charge on any atom is -0.493 e. The van der Waals surface area contributed by atoms with Crippen molar-refractivity contribution in [2.75, 3.05) is 6.54 Å². The van der Waals surface area contributed by atoms with E-state index in [9.17, 15) is 14.7 Å². The molecule has 0 unspecified atom stereocenters. The topological polar surface area (TPSA) is 96.1 Å². The number of nitrogens with zero attached hydrogens (tertiary/aromatic N) is 3. The second kappa shape index (κ2) is 8.49. The number of para-hydroxylation sites is 1. The van der Waals surface area contributed by atoms with Gasteiger partial charge in [-0.3, -0.25) is 9.59 Å². The van der Waals surface area contributed by atoms with E-state index in [1.54, 1.807) is 36.4 Å². The Hall–Kier alpha value is -3.48. The number of amides is 2. The van der Waals surface area contributed by atoms with Gasteiger partial charge in [-0.2, -0.15) is 0 Å². The quantitative estimate of drug-likeness (QED) is 0.601. The van der Waals surface area contributed by atoms with Crippen LogP contribution in [0, 0.1) is 0 Å². The lowest BCUT2D eigenvalue weighted by Crippen LogP contribution is -2.26. The number of hydrogen-bond acceptors (Lipinski definition) is 4. The third kappa shape index (κ3) is 4.40. The number of nitrogens with one attached hydrogen (secondary N) is 1. The summed E-state index contributed by atoms with van der Waals surface area (Å²) in [6.07, 6.45) is 0. The van der Waals surface area contributed by atoms with Gasteiger partial charge in [0.05, 0.1) is 5.52 Å². The van der Waals surface area contributed by atoms with Crippen LogP contribution in [0.15, 0.2) is 58.8 Å². The summed E-state index contributed by atoms with van der Waals surface area (Å²) in [6, 6.07) is 14.4. The Labute approximate surface area is 175 Å². The van der Waals surface area contributed by atoms with Gasteiger partial charge in [-0.05, 0) is 36.1 Å². The molecule has 0 aliphatic rings. The largest absolute Gasteiger partial charge is 0.493 e. The van der Waals surface area contributed by atoms with E-state index >= 15 is 0 Å². The smallest absolute Gasteiger partial charge is 0.295 e. The summed E-state index contributed by atoms with van der Waals surface area (Å²) in [6.45, 7) is 8.56. The molecule has 0 saturated carbocycles.